The van der Waals surface area contributed by atoms with Crippen molar-refractivity contribution in [2.45, 2.75) is 329 Å². The number of hydrogen-bond donors (Lipinski definition) is 3. The van der Waals surface area contributed by atoms with E-state index in [2.05, 4.69) is 149 Å². The van der Waals surface area contributed by atoms with Crippen molar-refractivity contribution in [2.24, 2.45) is 0 Å². The number of hydrogen-bond acceptors (Lipinski definition) is 15. The van der Waals surface area contributed by atoms with Gasteiger partial charge in [-0.25, -0.2) is 9.13 Å². The third kappa shape index (κ3) is 73.5. The molecule has 0 amide bonds. The van der Waals surface area contributed by atoms with Crippen LogP contribution in [0, 0.1) is 0 Å². The van der Waals surface area contributed by atoms with Crippen molar-refractivity contribution in [1.29, 1.82) is 0 Å². The van der Waals surface area contributed by atoms with E-state index in [-0.39, 0.29) is 25.7 Å². The van der Waals surface area contributed by atoms with Gasteiger partial charge in [-0.2, -0.15) is 0 Å². The van der Waals surface area contributed by atoms with E-state index in [1.807, 2.05) is 12.2 Å². The minimum Gasteiger partial charge on any atom is -0.462 e. The van der Waals surface area contributed by atoms with E-state index in [0.29, 0.717) is 32.1 Å². The molecule has 3 N–H and O–H groups in total. The minimum absolute atomic E-state index is 0.00995. The molecule has 102 heavy (non-hydrogen) atoms. The second-order valence-electron chi connectivity index (χ2n) is 25.9. The van der Waals surface area contributed by atoms with Gasteiger partial charge in [0.25, 0.3) is 0 Å². The zero-order chi connectivity index (χ0) is 74.6. The Kier molecular flexibility index (Phi) is 71.0. The number of ether oxygens (including phenoxy) is 4. The highest BCUT2D eigenvalue weighted by atomic mass is 31.2. The van der Waals surface area contributed by atoms with Gasteiger partial charge >= 0.3 is 39.5 Å². The first kappa shape index (κ1) is 97.2. The van der Waals surface area contributed by atoms with Gasteiger partial charge in [0.1, 0.15) is 19.3 Å². The van der Waals surface area contributed by atoms with Crippen LogP contribution in [-0.2, 0) is 65.4 Å². The molecule has 0 aliphatic rings. The molecule has 0 saturated heterocycles. The van der Waals surface area contributed by atoms with Crippen molar-refractivity contribution < 1.29 is 80.2 Å². The van der Waals surface area contributed by atoms with E-state index < -0.39 is 97.5 Å². The molecule has 0 spiro atoms. The summed E-state index contributed by atoms with van der Waals surface area (Å²) in [5.74, 6) is -2.27. The molecule has 0 aromatic carbocycles. The fraction of sp³-hybridized carbons (Fsp3) is 0.687. The number of unbranched alkanes of at least 4 members (excludes halogenated alkanes) is 25. The van der Waals surface area contributed by atoms with Crippen molar-refractivity contribution in [2.75, 3.05) is 39.6 Å². The third-order valence-electron chi connectivity index (χ3n) is 16.1. The molecule has 0 aromatic rings. The number of phosphoric ester groups is 2. The average Bonchev–Trinajstić information content (AvgIpc) is 0.927. The average molecular weight is 1470 g/mol. The van der Waals surface area contributed by atoms with E-state index in [4.69, 9.17) is 37.0 Å². The summed E-state index contributed by atoms with van der Waals surface area (Å²) >= 11 is 0. The van der Waals surface area contributed by atoms with Crippen molar-refractivity contribution in [3.8, 4) is 0 Å². The van der Waals surface area contributed by atoms with E-state index in [0.717, 1.165) is 167 Å². The van der Waals surface area contributed by atoms with Gasteiger partial charge in [0, 0.05) is 25.7 Å². The van der Waals surface area contributed by atoms with Crippen molar-refractivity contribution in [3.63, 3.8) is 0 Å². The number of aliphatic hydroxyl groups is 1. The second-order valence-corrected chi connectivity index (χ2v) is 28.8. The van der Waals surface area contributed by atoms with Gasteiger partial charge in [-0.05, 0) is 135 Å². The molecule has 0 aromatic heterocycles. The topological polar surface area (TPSA) is 237 Å². The highest BCUT2D eigenvalue weighted by Crippen LogP contribution is 2.45. The van der Waals surface area contributed by atoms with Crippen LogP contribution in [0.3, 0.4) is 0 Å². The largest absolute Gasteiger partial charge is 0.472 e. The lowest BCUT2D eigenvalue weighted by Gasteiger charge is -2.21. The number of carbonyl (C=O) groups excluding carboxylic acids is 4. The van der Waals surface area contributed by atoms with Gasteiger partial charge in [0.05, 0.1) is 26.4 Å². The van der Waals surface area contributed by atoms with E-state index in [1.54, 1.807) is 0 Å². The summed E-state index contributed by atoms with van der Waals surface area (Å²) in [4.78, 5) is 72.9. The summed E-state index contributed by atoms with van der Waals surface area (Å²) < 4.78 is 68.5. The molecule has 0 aliphatic heterocycles. The Morgan fingerprint density at radius 3 is 0.843 bits per heavy atom. The second kappa shape index (κ2) is 74.5. The Hall–Kier alpha value is -4.80. The summed E-state index contributed by atoms with van der Waals surface area (Å²) in [5.41, 5.74) is 0. The molecule has 19 heteroatoms. The molecule has 584 valence electrons. The van der Waals surface area contributed by atoms with Crippen LogP contribution in [0.1, 0.15) is 310 Å². The summed E-state index contributed by atoms with van der Waals surface area (Å²) in [6, 6.07) is 0. The molecule has 0 rings (SSSR count). The van der Waals surface area contributed by atoms with Crippen LogP contribution in [0.2, 0.25) is 0 Å². The zero-order valence-corrected chi connectivity index (χ0v) is 65.5. The minimum atomic E-state index is -5.00. The lowest BCUT2D eigenvalue weighted by molar-refractivity contribution is -0.161. The number of allylic oxidation sites excluding steroid dienone is 22. The maximum atomic E-state index is 13.1. The molecule has 0 fully saturated rings. The maximum absolute atomic E-state index is 13.1. The lowest BCUT2D eigenvalue weighted by Crippen LogP contribution is -2.30. The quantitative estimate of drug-likeness (QED) is 0.0169. The zero-order valence-electron chi connectivity index (χ0n) is 63.7. The molecule has 0 aliphatic carbocycles. The van der Waals surface area contributed by atoms with Crippen LogP contribution in [0.25, 0.3) is 0 Å². The van der Waals surface area contributed by atoms with Crippen LogP contribution in [0.5, 0.6) is 0 Å². The highest BCUT2D eigenvalue weighted by Gasteiger charge is 2.30. The first-order valence-corrected chi connectivity index (χ1v) is 42.4. The predicted molar refractivity (Wildman–Crippen MR) is 418 cm³/mol. The van der Waals surface area contributed by atoms with Gasteiger partial charge < -0.3 is 33.8 Å². The van der Waals surface area contributed by atoms with Gasteiger partial charge in [0.15, 0.2) is 12.2 Å². The molecular formula is C83H140O17P2. The Bertz CT molecular complexity index is 2460. The Labute approximate surface area is 618 Å². The van der Waals surface area contributed by atoms with Crippen molar-refractivity contribution in [3.05, 3.63) is 134 Å². The molecule has 0 radical (unpaired) electrons. The monoisotopic (exact) mass is 1470 g/mol. The number of aliphatic hydroxyl groups excluding tert-OH is 1. The fourth-order valence-electron chi connectivity index (χ4n) is 10.2. The number of esters is 4. The molecule has 5 unspecified atom stereocenters. The lowest BCUT2D eigenvalue weighted by atomic mass is 10.1. The van der Waals surface area contributed by atoms with E-state index in [9.17, 15) is 43.2 Å². The van der Waals surface area contributed by atoms with Crippen LogP contribution in [-0.4, -0.2) is 96.7 Å². The number of phosphoric acid groups is 2. The van der Waals surface area contributed by atoms with Crippen LogP contribution >= 0.6 is 15.6 Å². The van der Waals surface area contributed by atoms with E-state index in [1.165, 1.54) is 57.8 Å². The van der Waals surface area contributed by atoms with Crippen LogP contribution in [0.15, 0.2) is 134 Å². The predicted octanol–water partition coefficient (Wildman–Crippen LogP) is 22.9. The molecule has 0 bridgehead atoms. The Morgan fingerprint density at radius 2 is 0.520 bits per heavy atom. The van der Waals surface area contributed by atoms with Gasteiger partial charge in [-0.1, -0.05) is 283 Å². The Morgan fingerprint density at radius 1 is 0.284 bits per heavy atom. The highest BCUT2D eigenvalue weighted by molar-refractivity contribution is 7.47. The summed E-state index contributed by atoms with van der Waals surface area (Å²) in [6.07, 6.45) is 83.0. The first-order chi connectivity index (χ1) is 49.7. The third-order valence-corrected chi connectivity index (χ3v) is 18.0. The van der Waals surface area contributed by atoms with Crippen molar-refractivity contribution >= 4 is 39.5 Å². The van der Waals surface area contributed by atoms with Gasteiger partial charge in [0.2, 0.25) is 0 Å². The summed E-state index contributed by atoms with van der Waals surface area (Å²) in [6.45, 7) is 4.52. The molecule has 5 atom stereocenters. The van der Waals surface area contributed by atoms with Crippen molar-refractivity contribution in [1.82, 2.24) is 0 Å². The fourth-order valence-corrected chi connectivity index (χ4v) is 11.7. The normalized spacial score (nSPS) is 14.6. The summed E-state index contributed by atoms with van der Waals surface area (Å²) in [7, 11) is -9.98. The molecular weight excluding hydrogens is 1330 g/mol. The number of rotatable bonds is 73. The number of carbonyl (C=O) groups is 4. The van der Waals surface area contributed by atoms with Gasteiger partial charge in [-0.3, -0.25) is 37.3 Å². The summed E-state index contributed by atoms with van der Waals surface area (Å²) in [5, 5.41) is 10.6. The Balaban J connectivity index is 5.41. The molecule has 0 heterocycles. The van der Waals surface area contributed by atoms with Gasteiger partial charge in [-0.15, -0.1) is 0 Å². The molecule has 17 nitrogen and oxygen atoms in total. The SMILES string of the molecule is CC/C=C\C/C=C\C/C=C\C/C=C\C/C=C\CCCC(=O)OC(COC(=O)CCCCCCCC/C=C\C/C=C\C/C=C\C/C=C\CC)COP(=O)(O)OCC(O)COP(=O)(O)OCC(COC(=O)CCCCCCC/C=C\C/C=C\CCCCC)OC(=O)CCCCCCCCCCCCC. The standard InChI is InChI=1S/C83H140O17P2/c1-5-9-13-17-21-25-29-32-35-37-38-40-42-45-49-52-56-60-64-68-81(86)94-74-79(100-83(88)70-66-62-58-54-50-46-43-39-36-33-30-26-22-18-14-10-6-2)76-98-102(91,92)96-72-77(84)71-95-101(89,90)97-75-78(99-82(87)69-65-61-57-53-47-28-24-20-16-12-8-4)73-93-80(85)67-63-59-55-51-48-44-41-34-31-27-23-19-15-11-7-3/h9-10,13-14,21-23,25-27,32-36,38,40-41,43,46,54,58,77-79,84H,5-8,11-12,15-20,24,28-31,37,39,42,44-45,47-53,55-57,59-76H2,1-4H3,(H,89,90)(H,91,92)/b13-9-,14-10-,25-21-,26-22-,27-23-,35-32-,36-33-,40-38-,41-34-,46-43-,58-54-. The smallest absolute Gasteiger partial charge is 0.462 e. The molecule has 0 saturated carbocycles. The van der Waals surface area contributed by atoms with Crippen LogP contribution in [0.4, 0.5) is 0 Å². The maximum Gasteiger partial charge on any atom is 0.472 e. The van der Waals surface area contributed by atoms with Crippen LogP contribution < -0.4 is 0 Å². The first-order valence-electron chi connectivity index (χ1n) is 39.4. The van der Waals surface area contributed by atoms with E-state index >= 15 is 0 Å².